The van der Waals surface area contributed by atoms with Crippen LogP contribution in [0.3, 0.4) is 0 Å². The molecule has 3 nitrogen and oxygen atoms in total. The minimum Gasteiger partial charge on any atom is -0.409 e. The van der Waals surface area contributed by atoms with Crippen LogP contribution in [0, 0.1) is 0 Å². The Balaban J connectivity index is 2.33. The molecular weight excluding hydrogens is 348 g/mol. The smallest absolute Gasteiger partial charge is 0.172 e. The van der Waals surface area contributed by atoms with Crippen LogP contribution in [0.25, 0.3) is 0 Å². The van der Waals surface area contributed by atoms with E-state index in [9.17, 15) is 0 Å². The Kier molecular flexibility index (Phi) is 5.31. The van der Waals surface area contributed by atoms with Gasteiger partial charge in [0, 0.05) is 19.8 Å². The molecule has 0 aliphatic rings. The van der Waals surface area contributed by atoms with Crippen LogP contribution >= 0.6 is 27.7 Å². The highest BCUT2D eigenvalue weighted by Crippen LogP contribution is 2.34. The third-order valence-electron chi connectivity index (χ3n) is 3.11. The van der Waals surface area contributed by atoms with Crippen molar-refractivity contribution in [2.45, 2.75) is 29.6 Å². The quantitative estimate of drug-likeness (QED) is 0.354. The van der Waals surface area contributed by atoms with Crippen LogP contribution in [0.5, 0.6) is 0 Å². The van der Waals surface area contributed by atoms with Crippen LogP contribution in [0.15, 0.2) is 61.9 Å². The number of hydrogen-bond acceptors (Lipinski definition) is 3. The molecule has 2 rings (SSSR count). The van der Waals surface area contributed by atoms with E-state index in [1.54, 1.807) is 11.8 Å². The first-order chi connectivity index (χ1) is 10.0. The number of rotatable bonds is 4. The third-order valence-corrected chi connectivity index (χ3v) is 4.84. The first-order valence-electron chi connectivity index (χ1n) is 6.57. The normalized spacial score (nSPS) is 11.9. The first-order valence-corrected chi connectivity index (χ1v) is 8.18. The lowest BCUT2D eigenvalue weighted by atomic mass is 10.0. The molecule has 0 aliphatic heterocycles. The van der Waals surface area contributed by atoms with Crippen LogP contribution in [-0.4, -0.2) is 11.0 Å². The number of benzene rings is 2. The zero-order chi connectivity index (χ0) is 15.4. The monoisotopic (exact) mass is 364 g/mol. The standard InChI is InChI=1S/C16H17BrN2OS/c1-10(2)11-6-8-12(9-7-11)21-14-5-3-4-13(17)15(14)16(18)19-20/h3-10,20H,1-2H3,(H2,18,19). The van der Waals surface area contributed by atoms with Crippen LogP contribution in [-0.2, 0) is 0 Å². The van der Waals surface area contributed by atoms with Crippen LogP contribution < -0.4 is 5.73 Å². The summed E-state index contributed by atoms with van der Waals surface area (Å²) in [6, 6.07) is 14.2. The second kappa shape index (κ2) is 7.00. The Morgan fingerprint density at radius 2 is 1.86 bits per heavy atom. The SMILES string of the molecule is CC(C)c1ccc(Sc2cccc(Br)c2/C(N)=N/O)cc1. The topological polar surface area (TPSA) is 58.6 Å². The fourth-order valence-electron chi connectivity index (χ4n) is 1.94. The van der Waals surface area contributed by atoms with Crippen molar-refractivity contribution in [3.8, 4) is 0 Å². The summed E-state index contributed by atoms with van der Waals surface area (Å²) < 4.78 is 0.807. The van der Waals surface area contributed by atoms with Gasteiger partial charge in [0.1, 0.15) is 0 Å². The highest BCUT2D eigenvalue weighted by Gasteiger charge is 2.12. The van der Waals surface area contributed by atoms with Gasteiger partial charge in [-0.15, -0.1) is 0 Å². The molecule has 3 N–H and O–H groups in total. The summed E-state index contributed by atoms with van der Waals surface area (Å²) in [7, 11) is 0. The molecule has 5 heteroatoms. The van der Waals surface area contributed by atoms with Crippen molar-refractivity contribution in [3.05, 3.63) is 58.1 Å². The molecule has 0 heterocycles. The van der Waals surface area contributed by atoms with Gasteiger partial charge in [-0.25, -0.2) is 0 Å². The number of amidine groups is 1. The predicted molar refractivity (Wildman–Crippen MR) is 91.3 cm³/mol. The Bertz CT molecular complexity index is 654. The maximum Gasteiger partial charge on any atom is 0.172 e. The van der Waals surface area contributed by atoms with Gasteiger partial charge in [0.05, 0.1) is 0 Å². The Labute approximate surface area is 137 Å². The summed E-state index contributed by atoms with van der Waals surface area (Å²) in [4.78, 5) is 2.06. The van der Waals surface area contributed by atoms with Crippen molar-refractivity contribution in [1.82, 2.24) is 0 Å². The van der Waals surface area contributed by atoms with Gasteiger partial charge >= 0.3 is 0 Å². The van der Waals surface area contributed by atoms with Gasteiger partial charge in [-0.3, -0.25) is 0 Å². The van der Waals surface area contributed by atoms with E-state index < -0.39 is 0 Å². The Hall–Kier alpha value is -1.46. The summed E-state index contributed by atoms with van der Waals surface area (Å²) in [5, 5.41) is 12.0. The zero-order valence-electron chi connectivity index (χ0n) is 11.9. The van der Waals surface area contributed by atoms with E-state index in [1.807, 2.05) is 18.2 Å². The molecule has 0 atom stereocenters. The van der Waals surface area contributed by atoms with Gasteiger partial charge in [0.2, 0.25) is 0 Å². The van der Waals surface area contributed by atoms with Crippen molar-refractivity contribution in [2.75, 3.05) is 0 Å². The fourth-order valence-corrected chi connectivity index (χ4v) is 3.63. The van der Waals surface area contributed by atoms with Crippen molar-refractivity contribution < 1.29 is 5.21 Å². The van der Waals surface area contributed by atoms with Crippen molar-refractivity contribution >= 4 is 33.5 Å². The lowest BCUT2D eigenvalue weighted by Crippen LogP contribution is -2.15. The summed E-state index contributed by atoms with van der Waals surface area (Å²) in [5.41, 5.74) is 7.79. The second-order valence-electron chi connectivity index (χ2n) is 4.92. The Morgan fingerprint density at radius 1 is 1.19 bits per heavy atom. The lowest BCUT2D eigenvalue weighted by Gasteiger charge is -2.11. The molecule has 0 aliphatic carbocycles. The fraction of sp³-hybridized carbons (Fsp3) is 0.188. The van der Waals surface area contributed by atoms with Gasteiger partial charge in [-0.1, -0.05) is 49.0 Å². The maximum atomic E-state index is 8.93. The molecule has 110 valence electrons. The van der Waals surface area contributed by atoms with E-state index in [1.165, 1.54) is 5.56 Å². The average molecular weight is 365 g/mol. The van der Waals surface area contributed by atoms with Crippen molar-refractivity contribution in [2.24, 2.45) is 10.9 Å². The van der Waals surface area contributed by atoms with Gasteiger partial charge in [-0.05, 0) is 51.7 Å². The number of hydrogen-bond donors (Lipinski definition) is 2. The van der Waals surface area contributed by atoms with E-state index in [-0.39, 0.29) is 5.84 Å². The summed E-state index contributed by atoms with van der Waals surface area (Å²) in [6.07, 6.45) is 0. The molecule has 0 saturated heterocycles. The highest BCUT2D eigenvalue weighted by atomic mass is 79.9. The minimum absolute atomic E-state index is 0.101. The summed E-state index contributed by atoms with van der Waals surface area (Å²) in [5.74, 6) is 0.617. The molecule has 2 aromatic carbocycles. The summed E-state index contributed by atoms with van der Waals surface area (Å²) in [6.45, 7) is 4.35. The van der Waals surface area contributed by atoms with Crippen LogP contribution in [0.1, 0.15) is 30.9 Å². The van der Waals surface area contributed by atoms with Crippen LogP contribution in [0.2, 0.25) is 0 Å². The molecule has 0 bridgehead atoms. The molecular formula is C16H17BrN2OS. The molecule has 0 saturated carbocycles. The van der Waals surface area contributed by atoms with E-state index >= 15 is 0 Å². The van der Waals surface area contributed by atoms with E-state index in [4.69, 9.17) is 10.9 Å². The molecule has 0 aromatic heterocycles. The number of nitrogens with zero attached hydrogens (tertiary/aromatic N) is 1. The number of nitrogens with two attached hydrogens (primary N) is 1. The zero-order valence-corrected chi connectivity index (χ0v) is 14.3. The predicted octanol–water partition coefficient (Wildman–Crippen LogP) is 4.82. The Morgan fingerprint density at radius 3 is 2.43 bits per heavy atom. The van der Waals surface area contributed by atoms with Crippen LogP contribution in [0.4, 0.5) is 0 Å². The number of oxime groups is 1. The van der Waals surface area contributed by atoms with Crippen molar-refractivity contribution in [1.29, 1.82) is 0 Å². The van der Waals surface area contributed by atoms with E-state index in [2.05, 4.69) is 59.2 Å². The van der Waals surface area contributed by atoms with Gasteiger partial charge in [0.15, 0.2) is 5.84 Å². The summed E-state index contributed by atoms with van der Waals surface area (Å²) >= 11 is 5.04. The van der Waals surface area contributed by atoms with Gasteiger partial charge in [-0.2, -0.15) is 0 Å². The minimum atomic E-state index is 0.101. The molecule has 0 fully saturated rings. The molecule has 0 spiro atoms. The second-order valence-corrected chi connectivity index (χ2v) is 6.89. The average Bonchev–Trinajstić information content (AvgIpc) is 2.47. The molecule has 21 heavy (non-hydrogen) atoms. The lowest BCUT2D eigenvalue weighted by molar-refractivity contribution is 0.318. The maximum absolute atomic E-state index is 8.93. The molecule has 0 radical (unpaired) electrons. The molecule has 2 aromatic rings. The third kappa shape index (κ3) is 3.80. The number of halogens is 1. The van der Waals surface area contributed by atoms with E-state index in [0.717, 1.165) is 14.3 Å². The largest absolute Gasteiger partial charge is 0.409 e. The molecule has 0 amide bonds. The van der Waals surface area contributed by atoms with Gasteiger partial charge < -0.3 is 10.9 Å². The van der Waals surface area contributed by atoms with Crippen molar-refractivity contribution in [3.63, 3.8) is 0 Å². The van der Waals surface area contributed by atoms with E-state index in [0.29, 0.717) is 11.5 Å². The van der Waals surface area contributed by atoms with Gasteiger partial charge in [0.25, 0.3) is 0 Å². The first kappa shape index (κ1) is 15.9. The molecule has 0 unspecified atom stereocenters. The highest BCUT2D eigenvalue weighted by molar-refractivity contribution is 9.10.